The van der Waals surface area contributed by atoms with E-state index in [4.69, 9.17) is 9.47 Å². The molecule has 0 radical (unpaired) electrons. The number of halogens is 1. The van der Waals surface area contributed by atoms with Crippen LogP contribution in [0.3, 0.4) is 0 Å². The minimum Gasteiger partial charge on any atom is -0.463 e. The first-order valence-electron chi connectivity index (χ1n) is 5.19. The molecule has 92 valence electrons. The Balaban J connectivity index is 5.07. The third-order valence-corrected chi connectivity index (χ3v) is 2.51. The zero-order valence-electron chi connectivity index (χ0n) is 10.0. The summed E-state index contributed by atoms with van der Waals surface area (Å²) in [7, 11) is 0. The van der Waals surface area contributed by atoms with Gasteiger partial charge in [0.05, 0.1) is 18.8 Å². The fourth-order valence-electron chi connectivity index (χ4n) is 1.09. The van der Waals surface area contributed by atoms with E-state index in [0.717, 1.165) is 0 Å². The quantitative estimate of drug-likeness (QED) is 0.577. The second-order valence-electron chi connectivity index (χ2n) is 3.32. The van der Waals surface area contributed by atoms with Crippen molar-refractivity contribution in [3.05, 3.63) is 10.1 Å². The zero-order chi connectivity index (χ0) is 12.7. The third-order valence-electron chi connectivity index (χ3n) is 1.76. The largest absolute Gasteiger partial charge is 0.463 e. The molecule has 0 aliphatic carbocycles. The summed E-state index contributed by atoms with van der Waals surface area (Å²) < 4.78 is 9.83. The van der Waals surface area contributed by atoms with Crippen molar-refractivity contribution in [3.63, 3.8) is 0 Å². The van der Waals surface area contributed by atoms with E-state index in [2.05, 4.69) is 15.9 Å². The van der Waals surface area contributed by atoms with Gasteiger partial charge >= 0.3 is 11.9 Å². The third kappa shape index (κ3) is 4.35. The molecule has 0 fully saturated rings. The Hall–Kier alpha value is -0.840. The lowest BCUT2D eigenvalue weighted by Crippen LogP contribution is -2.17. The van der Waals surface area contributed by atoms with Crippen molar-refractivity contribution in [3.8, 4) is 0 Å². The van der Waals surface area contributed by atoms with Crippen molar-refractivity contribution in [2.75, 3.05) is 13.2 Å². The number of esters is 2. The molecule has 0 amide bonds. The van der Waals surface area contributed by atoms with Crippen molar-refractivity contribution >= 4 is 27.9 Å². The monoisotopic (exact) mass is 292 g/mol. The summed E-state index contributed by atoms with van der Waals surface area (Å²) in [6.07, 6.45) is 0. The molecule has 0 rings (SSSR count). The van der Waals surface area contributed by atoms with Gasteiger partial charge in [-0.05, 0) is 35.7 Å². The van der Waals surface area contributed by atoms with Crippen molar-refractivity contribution in [2.24, 2.45) is 5.92 Å². The maximum atomic E-state index is 11.6. The van der Waals surface area contributed by atoms with Gasteiger partial charge in [0.2, 0.25) is 0 Å². The molecule has 0 aromatic carbocycles. The van der Waals surface area contributed by atoms with Crippen LogP contribution in [0.15, 0.2) is 10.1 Å². The molecule has 0 saturated heterocycles. The molecule has 5 heteroatoms. The van der Waals surface area contributed by atoms with Crippen molar-refractivity contribution in [2.45, 2.75) is 27.7 Å². The molecular weight excluding hydrogens is 276 g/mol. The van der Waals surface area contributed by atoms with Crippen LogP contribution in [0.4, 0.5) is 0 Å². The van der Waals surface area contributed by atoms with E-state index in [-0.39, 0.29) is 23.6 Å². The fourth-order valence-corrected chi connectivity index (χ4v) is 1.83. The Morgan fingerprint density at radius 3 is 1.88 bits per heavy atom. The molecule has 16 heavy (non-hydrogen) atoms. The molecule has 0 saturated carbocycles. The van der Waals surface area contributed by atoms with Crippen LogP contribution >= 0.6 is 15.9 Å². The van der Waals surface area contributed by atoms with E-state index in [0.29, 0.717) is 5.57 Å². The second-order valence-corrected chi connectivity index (χ2v) is 4.12. The van der Waals surface area contributed by atoms with Crippen molar-refractivity contribution in [1.82, 2.24) is 0 Å². The van der Waals surface area contributed by atoms with E-state index in [1.807, 2.05) is 13.8 Å². The SMILES string of the molecule is CCOC(=O)C(Br)=C(C(=O)OCC)C(C)C. The van der Waals surface area contributed by atoms with Gasteiger partial charge < -0.3 is 9.47 Å². The molecule has 0 bridgehead atoms. The van der Waals surface area contributed by atoms with Crippen LogP contribution in [-0.2, 0) is 19.1 Å². The Kier molecular flexibility index (Phi) is 7.05. The topological polar surface area (TPSA) is 52.6 Å². The van der Waals surface area contributed by atoms with E-state index in [1.54, 1.807) is 13.8 Å². The average molecular weight is 293 g/mol. The number of carbonyl (C=O) groups is 2. The van der Waals surface area contributed by atoms with E-state index < -0.39 is 11.9 Å². The fraction of sp³-hybridized carbons (Fsp3) is 0.636. The van der Waals surface area contributed by atoms with Crippen LogP contribution in [0.2, 0.25) is 0 Å². The average Bonchev–Trinajstić information content (AvgIpc) is 2.17. The molecule has 4 nitrogen and oxygen atoms in total. The standard InChI is InChI=1S/C11H17BrO4/c1-5-15-10(13)8(7(3)4)9(12)11(14)16-6-2/h7H,5-6H2,1-4H3. The predicted molar refractivity (Wildman–Crippen MR) is 64.1 cm³/mol. The maximum Gasteiger partial charge on any atom is 0.345 e. The normalized spacial score (nSPS) is 12.1. The van der Waals surface area contributed by atoms with Gasteiger partial charge in [0.1, 0.15) is 4.48 Å². The summed E-state index contributed by atoms with van der Waals surface area (Å²) in [6.45, 7) is 7.59. The van der Waals surface area contributed by atoms with Crippen LogP contribution < -0.4 is 0 Å². The smallest absolute Gasteiger partial charge is 0.345 e. The van der Waals surface area contributed by atoms with E-state index in [9.17, 15) is 9.59 Å². The van der Waals surface area contributed by atoms with Gasteiger partial charge in [0.25, 0.3) is 0 Å². The summed E-state index contributed by atoms with van der Waals surface area (Å²) in [5.41, 5.74) is 0.306. The summed E-state index contributed by atoms with van der Waals surface area (Å²) >= 11 is 3.09. The molecule has 0 N–H and O–H groups in total. The first-order chi connectivity index (χ1) is 7.45. The predicted octanol–water partition coefficient (Wildman–Crippen LogP) is 2.42. The molecule has 0 spiro atoms. The Labute approximate surface area is 104 Å². The first-order valence-corrected chi connectivity index (χ1v) is 5.98. The molecular formula is C11H17BrO4. The summed E-state index contributed by atoms with van der Waals surface area (Å²) in [5, 5.41) is 0. The van der Waals surface area contributed by atoms with Gasteiger partial charge in [-0.2, -0.15) is 0 Å². The highest BCUT2D eigenvalue weighted by Gasteiger charge is 2.23. The highest BCUT2D eigenvalue weighted by Crippen LogP contribution is 2.22. The molecule has 0 unspecified atom stereocenters. The van der Waals surface area contributed by atoms with Crippen LogP contribution in [-0.4, -0.2) is 25.2 Å². The minimum absolute atomic E-state index is 0.113. The van der Waals surface area contributed by atoms with E-state index in [1.165, 1.54) is 0 Å². The van der Waals surface area contributed by atoms with Gasteiger partial charge in [-0.1, -0.05) is 13.8 Å². The molecule has 0 aliphatic heterocycles. The lowest BCUT2D eigenvalue weighted by molar-refractivity contribution is -0.141. The van der Waals surface area contributed by atoms with Crippen molar-refractivity contribution in [1.29, 1.82) is 0 Å². The van der Waals surface area contributed by atoms with Gasteiger partial charge in [0.15, 0.2) is 0 Å². The van der Waals surface area contributed by atoms with Crippen LogP contribution in [0.25, 0.3) is 0 Å². The molecule has 0 aromatic heterocycles. The Morgan fingerprint density at radius 1 is 1.06 bits per heavy atom. The zero-order valence-corrected chi connectivity index (χ0v) is 11.6. The molecule has 0 aliphatic rings. The Bertz CT molecular complexity index is 294. The lowest BCUT2D eigenvalue weighted by atomic mass is 10.0. The molecule has 0 heterocycles. The molecule has 0 atom stereocenters. The van der Waals surface area contributed by atoms with E-state index >= 15 is 0 Å². The Morgan fingerprint density at radius 2 is 1.50 bits per heavy atom. The highest BCUT2D eigenvalue weighted by molar-refractivity contribution is 9.12. The van der Waals surface area contributed by atoms with Crippen LogP contribution in [0, 0.1) is 5.92 Å². The minimum atomic E-state index is -0.542. The summed E-state index contributed by atoms with van der Waals surface area (Å²) in [6, 6.07) is 0. The van der Waals surface area contributed by atoms with Crippen molar-refractivity contribution < 1.29 is 19.1 Å². The highest BCUT2D eigenvalue weighted by atomic mass is 79.9. The number of hydrogen-bond acceptors (Lipinski definition) is 4. The number of rotatable bonds is 5. The van der Waals surface area contributed by atoms with Gasteiger partial charge in [-0.3, -0.25) is 0 Å². The van der Waals surface area contributed by atoms with Gasteiger partial charge in [-0.15, -0.1) is 0 Å². The maximum absolute atomic E-state index is 11.6. The molecule has 0 aromatic rings. The van der Waals surface area contributed by atoms with Gasteiger partial charge in [0, 0.05) is 0 Å². The lowest BCUT2D eigenvalue weighted by Gasteiger charge is -2.12. The van der Waals surface area contributed by atoms with Gasteiger partial charge in [-0.25, -0.2) is 9.59 Å². The van der Waals surface area contributed by atoms with Crippen LogP contribution in [0.1, 0.15) is 27.7 Å². The van der Waals surface area contributed by atoms with Crippen LogP contribution in [0.5, 0.6) is 0 Å². The number of carbonyl (C=O) groups excluding carboxylic acids is 2. The number of hydrogen-bond donors (Lipinski definition) is 0. The number of ether oxygens (including phenoxy) is 2. The summed E-state index contributed by atoms with van der Waals surface area (Å²) in [4.78, 5) is 23.1. The first kappa shape index (κ1) is 15.2. The second kappa shape index (κ2) is 7.44. The summed E-state index contributed by atoms with van der Waals surface area (Å²) in [5.74, 6) is -1.14.